The second-order valence-corrected chi connectivity index (χ2v) is 5.47. The van der Waals surface area contributed by atoms with Crippen LogP contribution in [-0.4, -0.2) is 14.2 Å². The molecule has 0 fully saturated rings. The molecule has 0 aliphatic carbocycles. The average Bonchev–Trinajstić information content (AvgIpc) is 2.81. The molecule has 1 aromatic carbocycles. The van der Waals surface area contributed by atoms with Crippen LogP contribution in [0.3, 0.4) is 0 Å². The summed E-state index contributed by atoms with van der Waals surface area (Å²) in [7, 11) is 3.27. The minimum absolute atomic E-state index is 0.729. The van der Waals surface area contributed by atoms with E-state index in [9.17, 15) is 0 Å². The highest BCUT2D eigenvalue weighted by Gasteiger charge is 2.05. The molecule has 1 N–H and O–H groups in total. The molecule has 0 aliphatic heterocycles. The fourth-order valence-corrected chi connectivity index (χ4v) is 3.01. The molecule has 1 heterocycles. The number of anilines is 1. The molecule has 0 spiro atoms. The van der Waals surface area contributed by atoms with Crippen LogP contribution in [-0.2, 0) is 6.54 Å². The first-order chi connectivity index (χ1) is 8.74. The van der Waals surface area contributed by atoms with Crippen molar-refractivity contribution in [3.8, 4) is 11.5 Å². The standard InChI is InChI=1S/C13H14BrNO2S/c1-16-11-4-3-9(7-12(11)17-2)15-8-13-10(14)5-6-18-13/h3-7,15H,8H2,1-2H3. The SMILES string of the molecule is COc1ccc(NCc2sccc2Br)cc1OC. The maximum Gasteiger partial charge on any atom is 0.162 e. The van der Waals surface area contributed by atoms with Crippen molar-refractivity contribution in [1.82, 2.24) is 0 Å². The van der Waals surface area contributed by atoms with Crippen molar-refractivity contribution in [2.75, 3.05) is 19.5 Å². The highest BCUT2D eigenvalue weighted by molar-refractivity contribution is 9.10. The quantitative estimate of drug-likeness (QED) is 0.895. The molecule has 0 aliphatic rings. The molecule has 0 amide bonds. The Bertz CT molecular complexity index is 527. The lowest BCUT2D eigenvalue weighted by atomic mass is 10.2. The molecule has 3 nitrogen and oxygen atoms in total. The minimum Gasteiger partial charge on any atom is -0.493 e. The first-order valence-electron chi connectivity index (χ1n) is 5.42. The van der Waals surface area contributed by atoms with Crippen molar-refractivity contribution in [2.24, 2.45) is 0 Å². The molecule has 0 bridgehead atoms. The Labute approximate surface area is 119 Å². The summed E-state index contributed by atoms with van der Waals surface area (Å²) in [6.07, 6.45) is 0. The minimum atomic E-state index is 0.729. The Hall–Kier alpha value is -1.20. The smallest absolute Gasteiger partial charge is 0.162 e. The van der Waals surface area contributed by atoms with E-state index in [1.165, 1.54) is 4.88 Å². The van der Waals surface area contributed by atoms with Crippen molar-refractivity contribution in [1.29, 1.82) is 0 Å². The molecule has 2 rings (SSSR count). The van der Waals surface area contributed by atoms with E-state index in [2.05, 4.69) is 32.7 Å². The predicted octanol–water partition coefficient (Wildman–Crippen LogP) is 4.14. The Morgan fingerprint density at radius 3 is 2.56 bits per heavy atom. The zero-order chi connectivity index (χ0) is 13.0. The second kappa shape index (κ2) is 6.11. The number of hydrogen-bond acceptors (Lipinski definition) is 4. The molecule has 1 aromatic heterocycles. The topological polar surface area (TPSA) is 30.5 Å². The molecule has 0 saturated heterocycles. The van der Waals surface area contributed by atoms with Gasteiger partial charge in [0.1, 0.15) is 0 Å². The summed E-state index contributed by atoms with van der Waals surface area (Å²) in [4.78, 5) is 1.27. The largest absolute Gasteiger partial charge is 0.493 e. The van der Waals surface area contributed by atoms with Gasteiger partial charge in [-0.25, -0.2) is 0 Å². The number of thiophene rings is 1. The molecule has 2 aromatic rings. The van der Waals surface area contributed by atoms with Gasteiger partial charge in [-0.3, -0.25) is 0 Å². The van der Waals surface area contributed by atoms with E-state index in [0.717, 1.165) is 28.2 Å². The van der Waals surface area contributed by atoms with E-state index in [4.69, 9.17) is 9.47 Å². The van der Waals surface area contributed by atoms with Crippen molar-refractivity contribution in [3.63, 3.8) is 0 Å². The maximum absolute atomic E-state index is 5.27. The summed E-state index contributed by atoms with van der Waals surface area (Å²) >= 11 is 5.24. The molecule has 96 valence electrons. The van der Waals surface area contributed by atoms with Crippen LogP contribution in [0.5, 0.6) is 11.5 Å². The van der Waals surface area contributed by atoms with Gasteiger partial charge in [-0.05, 0) is 39.5 Å². The van der Waals surface area contributed by atoms with Gasteiger partial charge in [0.25, 0.3) is 0 Å². The summed E-state index contributed by atoms with van der Waals surface area (Å²) in [5, 5.41) is 5.42. The van der Waals surface area contributed by atoms with E-state index in [1.807, 2.05) is 18.2 Å². The van der Waals surface area contributed by atoms with Gasteiger partial charge in [0, 0.05) is 21.1 Å². The monoisotopic (exact) mass is 327 g/mol. The van der Waals surface area contributed by atoms with Gasteiger partial charge < -0.3 is 14.8 Å². The lowest BCUT2D eigenvalue weighted by Crippen LogP contribution is -1.99. The summed E-state index contributed by atoms with van der Waals surface area (Å²) < 4.78 is 11.6. The maximum atomic E-state index is 5.27. The van der Waals surface area contributed by atoms with Gasteiger partial charge in [-0.1, -0.05) is 0 Å². The third-order valence-corrected chi connectivity index (χ3v) is 4.45. The van der Waals surface area contributed by atoms with Gasteiger partial charge in [-0.15, -0.1) is 11.3 Å². The third-order valence-electron chi connectivity index (χ3n) is 2.53. The third kappa shape index (κ3) is 2.97. The number of nitrogens with one attached hydrogen (secondary N) is 1. The van der Waals surface area contributed by atoms with Gasteiger partial charge in [-0.2, -0.15) is 0 Å². The van der Waals surface area contributed by atoms with Crippen molar-refractivity contribution < 1.29 is 9.47 Å². The lowest BCUT2D eigenvalue weighted by molar-refractivity contribution is 0.355. The zero-order valence-electron chi connectivity index (χ0n) is 10.2. The molecule has 0 atom stereocenters. The van der Waals surface area contributed by atoms with Gasteiger partial charge in [0.05, 0.1) is 20.8 Å². The Kier molecular flexibility index (Phi) is 4.49. The summed E-state index contributed by atoms with van der Waals surface area (Å²) in [6.45, 7) is 0.785. The Morgan fingerprint density at radius 1 is 1.17 bits per heavy atom. The molecular formula is C13H14BrNO2S. The second-order valence-electron chi connectivity index (χ2n) is 3.62. The normalized spacial score (nSPS) is 10.2. The average molecular weight is 328 g/mol. The van der Waals surface area contributed by atoms with Crippen LogP contribution in [0.25, 0.3) is 0 Å². The van der Waals surface area contributed by atoms with Crippen LogP contribution in [0.4, 0.5) is 5.69 Å². The molecule has 18 heavy (non-hydrogen) atoms. The highest BCUT2D eigenvalue weighted by Crippen LogP contribution is 2.30. The fourth-order valence-electron chi connectivity index (χ4n) is 1.58. The number of rotatable bonds is 5. The van der Waals surface area contributed by atoms with E-state index in [1.54, 1.807) is 25.6 Å². The van der Waals surface area contributed by atoms with Crippen LogP contribution in [0, 0.1) is 0 Å². The molecule has 0 saturated carbocycles. The summed E-state index contributed by atoms with van der Waals surface area (Å²) in [6, 6.07) is 7.85. The first-order valence-corrected chi connectivity index (χ1v) is 7.09. The van der Waals surface area contributed by atoms with E-state index in [-0.39, 0.29) is 0 Å². The number of benzene rings is 1. The first kappa shape index (κ1) is 13.2. The Balaban J connectivity index is 2.08. The van der Waals surface area contributed by atoms with Crippen LogP contribution in [0.2, 0.25) is 0 Å². The molecular weight excluding hydrogens is 314 g/mol. The van der Waals surface area contributed by atoms with Crippen molar-refractivity contribution in [3.05, 3.63) is 39.0 Å². The van der Waals surface area contributed by atoms with Crippen molar-refractivity contribution in [2.45, 2.75) is 6.54 Å². The predicted molar refractivity (Wildman–Crippen MR) is 78.9 cm³/mol. The number of ether oxygens (including phenoxy) is 2. The van der Waals surface area contributed by atoms with Gasteiger partial charge in [0.15, 0.2) is 11.5 Å². The van der Waals surface area contributed by atoms with Gasteiger partial charge >= 0.3 is 0 Å². The Morgan fingerprint density at radius 2 is 1.94 bits per heavy atom. The molecule has 0 unspecified atom stereocenters. The van der Waals surface area contributed by atoms with Gasteiger partial charge in [0.2, 0.25) is 0 Å². The fraction of sp³-hybridized carbons (Fsp3) is 0.231. The van der Waals surface area contributed by atoms with E-state index in [0.29, 0.717) is 0 Å². The number of hydrogen-bond donors (Lipinski definition) is 1. The summed E-state index contributed by atoms with van der Waals surface area (Å²) in [5.74, 6) is 1.47. The zero-order valence-corrected chi connectivity index (χ0v) is 12.6. The van der Waals surface area contributed by atoms with Crippen LogP contribution >= 0.6 is 27.3 Å². The van der Waals surface area contributed by atoms with Crippen LogP contribution in [0.15, 0.2) is 34.1 Å². The lowest BCUT2D eigenvalue weighted by Gasteiger charge is -2.11. The van der Waals surface area contributed by atoms with Crippen LogP contribution < -0.4 is 14.8 Å². The van der Waals surface area contributed by atoms with E-state index >= 15 is 0 Å². The van der Waals surface area contributed by atoms with Crippen LogP contribution in [0.1, 0.15) is 4.88 Å². The number of halogens is 1. The van der Waals surface area contributed by atoms with E-state index < -0.39 is 0 Å². The highest BCUT2D eigenvalue weighted by atomic mass is 79.9. The number of methoxy groups -OCH3 is 2. The summed E-state index contributed by atoms with van der Waals surface area (Å²) in [5.41, 5.74) is 1.01. The van der Waals surface area contributed by atoms with Crippen molar-refractivity contribution >= 4 is 33.0 Å². The molecule has 0 radical (unpaired) electrons. The molecule has 5 heteroatoms.